The van der Waals surface area contributed by atoms with Crippen LogP contribution in [-0.2, 0) is 0 Å². The molecule has 114 valence electrons. The van der Waals surface area contributed by atoms with E-state index in [-0.39, 0.29) is 5.75 Å². The number of pyridine rings is 1. The van der Waals surface area contributed by atoms with E-state index in [0.717, 1.165) is 27.6 Å². The Morgan fingerprint density at radius 1 is 1.13 bits per heavy atom. The summed E-state index contributed by atoms with van der Waals surface area (Å²) >= 11 is 0. The van der Waals surface area contributed by atoms with Crippen molar-refractivity contribution in [2.24, 2.45) is 5.73 Å². The van der Waals surface area contributed by atoms with E-state index < -0.39 is 0 Å². The summed E-state index contributed by atoms with van der Waals surface area (Å²) in [5.41, 5.74) is 10.6. The Balaban J connectivity index is 2.23. The summed E-state index contributed by atoms with van der Waals surface area (Å²) in [6.07, 6.45) is 3.23. The SMILES string of the molecule is CC(=N)/C(=C\N)c1ccc2nccc(-c3ccc(O)cc3)c2c1. The second kappa shape index (κ2) is 5.93. The van der Waals surface area contributed by atoms with Crippen molar-refractivity contribution in [3.8, 4) is 16.9 Å². The van der Waals surface area contributed by atoms with Gasteiger partial charge in [-0.15, -0.1) is 0 Å². The van der Waals surface area contributed by atoms with Crippen molar-refractivity contribution < 1.29 is 5.11 Å². The maximum absolute atomic E-state index is 9.47. The van der Waals surface area contributed by atoms with E-state index in [1.54, 1.807) is 25.3 Å². The molecule has 2 aromatic carbocycles. The number of benzene rings is 2. The number of allylic oxidation sites excluding steroid dienone is 1. The van der Waals surface area contributed by atoms with Crippen molar-refractivity contribution in [2.75, 3.05) is 0 Å². The fourth-order valence-electron chi connectivity index (χ4n) is 2.64. The number of aromatic hydroxyl groups is 1. The molecule has 0 saturated heterocycles. The third kappa shape index (κ3) is 2.79. The molecule has 4 N–H and O–H groups in total. The van der Waals surface area contributed by atoms with Gasteiger partial charge in [0.05, 0.1) is 5.52 Å². The summed E-state index contributed by atoms with van der Waals surface area (Å²) in [5.74, 6) is 0.237. The van der Waals surface area contributed by atoms with Gasteiger partial charge in [-0.05, 0) is 53.9 Å². The van der Waals surface area contributed by atoms with Gasteiger partial charge in [-0.2, -0.15) is 0 Å². The number of nitrogens with zero attached hydrogens (tertiary/aromatic N) is 1. The van der Waals surface area contributed by atoms with E-state index in [2.05, 4.69) is 4.98 Å². The molecule has 0 saturated carbocycles. The summed E-state index contributed by atoms with van der Waals surface area (Å²) in [6, 6.07) is 14.9. The summed E-state index contributed by atoms with van der Waals surface area (Å²) in [5, 5.41) is 18.3. The maximum Gasteiger partial charge on any atom is 0.115 e. The van der Waals surface area contributed by atoms with Crippen molar-refractivity contribution in [3.05, 3.63) is 66.5 Å². The first-order valence-electron chi connectivity index (χ1n) is 7.26. The maximum atomic E-state index is 9.47. The molecule has 0 bridgehead atoms. The highest BCUT2D eigenvalue weighted by Gasteiger charge is 2.09. The van der Waals surface area contributed by atoms with Crippen LogP contribution in [0.25, 0.3) is 27.6 Å². The predicted octanol–water partition coefficient (Wildman–Crippen LogP) is 3.95. The quantitative estimate of drug-likeness (QED) is 0.641. The summed E-state index contributed by atoms with van der Waals surface area (Å²) in [6.45, 7) is 1.72. The van der Waals surface area contributed by atoms with Crippen LogP contribution in [-0.4, -0.2) is 15.8 Å². The van der Waals surface area contributed by atoms with E-state index in [9.17, 15) is 5.11 Å². The highest BCUT2D eigenvalue weighted by atomic mass is 16.3. The Morgan fingerprint density at radius 2 is 1.87 bits per heavy atom. The molecule has 0 unspecified atom stereocenters. The number of fused-ring (bicyclic) bond motifs is 1. The van der Waals surface area contributed by atoms with E-state index in [1.165, 1.54) is 6.20 Å². The van der Waals surface area contributed by atoms with Gasteiger partial charge in [0, 0.05) is 29.1 Å². The molecule has 0 spiro atoms. The lowest BCUT2D eigenvalue weighted by Crippen LogP contribution is -1.99. The highest BCUT2D eigenvalue weighted by molar-refractivity contribution is 6.21. The molecule has 0 atom stereocenters. The first-order valence-corrected chi connectivity index (χ1v) is 7.26. The van der Waals surface area contributed by atoms with Gasteiger partial charge in [0.15, 0.2) is 0 Å². The van der Waals surface area contributed by atoms with Crippen LogP contribution in [0.1, 0.15) is 12.5 Å². The van der Waals surface area contributed by atoms with E-state index >= 15 is 0 Å². The lowest BCUT2D eigenvalue weighted by molar-refractivity contribution is 0.475. The van der Waals surface area contributed by atoms with Crippen LogP contribution in [0.15, 0.2) is 60.9 Å². The number of phenols is 1. The van der Waals surface area contributed by atoms with Crippen molar-refractivity contribution in [1.29, 1.82) is 5.41 Å². The highest BCUT2D eigenvalue weighted by Crippen LogP contribution is 2.30. The third-order valence-electron chi connectivity index (χ3n) is 3.80. The Bertz CT molecular complexity index is 912. The zero-order valence-electron chi connectivity index (χ0n) is 12.7. The van der Waals surface area contributed by atoms with Gasteiger partial charge >= 0.3 is 0 Å². The zero-order valence-corrected chi connectivity index (χ0v) is 12.7. The minimum atomic E-state index is 0.237. The number of hydrogen-bond donors (Lipinski definition) is 3. The van der Waals surface area contributed by atoms with Crippen LogP contribution in [0, 0.1) is 5.41 Å². The van der Waals surface area contributed by atoms with Crippen LogP contribution in [0.5, 0.6) is 5.75 Å². The number of hydrogen-bond acceptors (Lipinski definition) is 4. The minimum absolute atomic E-state index is 0.237. The fourth-order valence-corrected chi connectivity index (χ4v) is 2.64. The number of aromatic nitrogens is 1. The smallest absolute Gasteiger partial charge is 0.115 e. The number of rotatable bonds is 3. The van der Waals surface area contributed by atoms with Gasteiger partial charge < -0.3 is 16.2 Å². The first-order chi connectivity index (χ1) is 11.1. The molecule has 23 heavy (non-hydrogen) atoms. The van der Waals surface area contributed by atoms with Gasteiger partial charge in [0.25, 0.3) is 0 Å². The minimum Gasteiger partial charge on any atom is -0.508 e. The standard InChI is InChI=1S/C19H17N3O/c1-12(21)18(11-20)14-4-7-19-17(10-14)16(8-9-22-19)13-2-5-15(23)6-3-13/h2-11,21,23H,20H2,1H3/b18-11+,21-12?. The summed E-state index contributed by atoms with van der Waals surface area (Å²) in [4.78, 5) is 4.40. The van der Waals surface area contributed by atoms with Crippen LogP contribution in [0.4, 0.5) is 0 Å². The van der Waals surface area contributed by atoms with Crippen molar-refractivity contribution in [1.82, 2.24) is 4.98 Å². The second-order valence-electron chi connectivity index (χ2n) is 5.34. The second-order valence-corrected chi connectivity index (χ2v) is 5.34. The van der Waals surface area contributed by atoms with E-state index in [4.69, 9.17) is 11.1 Å². The van der Waals surface area contributed by atoms with Crippen LogP contribution in [0.3, 0.4) is 0 Å². The fraction of sp³-hybridized carbons (Fsp3) is 0.0526. The van der Waals surface area contributed by atoms with Gasteiger partial charge in [-0.1, -0.05) is 18.2 Å². The normalized spacial score (nSPS) is 11.6. The molecule has 4 heteroatoms. The number of phenolic OH excluding ortho intramolecular Hbond substituents is 1. The lowest BCUT2D eigenvalue weighted by Gasteiger charge is -2.10. The molecular formula is C19H17N3O. The molecule has 0 aliphatic carbocycles. The zero-order chi connectivity index (χ0) is 16.4. The molecule has 1 heterocycles. The van der Waals surface area contributed by atoms with Crippen LogP contribution >= 0.6 is 0 Å². The Morgan fingerprint density at radius 3 is 2.52 bits per heavy atom. The van der Waals surface area contributed by atoms with Gasteiger partial charge in [-0.25, -0.2) is 0 Å². The lowest BCUT2D eigenvalue weighted by atomic mass is 9.96. The molecule has 0 radical (unpaired) electrons. The molecule has 3 rings (SSSR count). The number of nitrogens with one attached hydrogen (secondary N) is 1. The average molecular weight is 303 g/mol. The Labute approximate surface area is 134 Å². The Hall–Kier alpha value is -3.14. The van der Waals surface area contributed by atoms with Crippen LogP contribution < -0.4 is 5.73 Å². The van der Waals surface area contributed by atoms with E-state index in [1.807, 2.05) is 36.4 Å². The molecular weight excluding hydrogens is 286 g/mol. The van der Waals surface area contributed by atoms with Crippen molar-refractivity contribution in [3.63, 3.8) is 0 Å². The molecule has 4 nitrogen and oxygen atoms in total. The molecule has 0 aliphatic heterocycles. The van der Waals surface area contributed by atoms with Crippen molar-refractivity contribution >= 4 is 22.2 Å². The largest absolute Gasteiger partial charge is 0.508 e. The van der Waals surface area contributed by atoms with Gasteiger partial charge in [-0.3, -0.25) is 4.98 Å². The molecule has 0 aliphatic rings. The van der Waals surface area contributed by atoms with Crippen molar-refractivity contribution in [2.45, 2.75) is 6.92 Å². The molecule has 0 amide bonds. The van der Waals surface area contributed by atoms with Gasteiger partial charge in [0.2, 0.25) is 0 Å². The first kappa shape index (κ1) is 14.8. The van der Waals surface area contributed by atoms with E-state index in [0.29, 0.717) is 11.3 Å². The third-order valence-corrected chi connectivity index (χ3v) is 3.80. The molecule has 1 aromatic heterocycles. The average Bonchev–Trinajstić information content (AvgIpc) is 2.55. The summed E-state index contributed by atoms with van der Waals surface area (Å²) in [7, 11) is 0. The van der Waals surface area contributed by atoms with Gasteiger partial charge in [0.1, 0.15) is 5.75 Å². The summed E-state index contributed by atoms with van der Waals surface area (Å²) < 4.78 is 0. The van der Waals surface area contributed by atoms with Crippen LogP contribution in [0.2, 0.25) is 0 Å². The monoisotopic (exact) mass is 303 g/mol. The molecule has 3 aromatic rings. The molecule has 0 fully saturated rings. The Kier molecular flexibility index (Phi) is 3.81. The predicted molar refractivity (Wildman–Crippen MR) is 94.4 cm³/mol. The number of nitrogens with two attached hydrogens (primary N) is 1. The topological polar surface area (TPSA) is 83.0 Å².